The lowest BCUT2D eigenvalue weighted by molar-refractivity contribution is -0.137. The number of hydrogen-bond acceptors (Lipinski definition) is 2. The Morgan fingerprint density at radius 3 is 2.35 bits per heavy atom. The number of halogens is 3. The van der Waals surface area contributed by atoms with Crippen molar-refractivity contribution < 1.29 is 17.9 Å². The van der Waals surface area contributed by atoms with E-state index in [1.165, 1.54) is 12.1 Å². The van der Waals surface area contributed by atoms with E-state index in [0.717, 1.165) is 17.7 Å². The topological polar surface area (TPSA) is 21.3 Å². The van der Waals surface area contributed by atoms with Gasteiger partial charge in [0, 0.05) is 6.04 Å². The molecule has 0 unspecified atom stereocenters. The maximum atomic E-state index is 12.4. The first-order valence-corrected chi connectivity index (χ1v) is 5.48. The van der Waals surface area contributed by atoms with E-state index in [1.807, 2.05) is 6.92 Å². The first-order chi connectivity index (χ1) is 7.97. The van der Waals surface area contributed by atoms with E-state index in [9.17, 15) is 13.2 Å². The largest absolute Gasteiger partial charge is 0.416 e. The van der Waals surface area contributed by atoms with Crippen LogP contribution in [0.15, 0.2) is 24.3 Å². The molecule has 17 heavy (non-hydrogen) atoms. The molecular weight excluding hydrogens is 231 g/mol. The average molecular weight is 245 g/mol. The van der Waals surface area contributed by atoms with Crippen LogP contribution in [0.2, 0.25) is 0 Å². The molecule has 1 saturated heterocycles. The van der Waals surface area contributed by atoms with Gasteiger partial charge in [0.25, 0.3) is 0 Å². The van der Waals surface area contributed by atoms with Crippen molar-refractivity contribution in [1.82, 2.24) is 5.32 Å². The second kappa shape index (κ2) is 4.66. The molecule has 2 atom stereocenters. The van der Waals surface area contributed by atoms with Crippen LogP contribution < -0.4 is 5.32 Å². The molecular formula is C12H14F3NO. The second-order valence-electron chi connectivity index (χ2n) is 4.28. The molecule has 0 amide bonds. The number of morpholine rings is 1. The Bertz CT molecular complexity index is 374. The molecule has 0 radical (unpaired) electrons. The van der Waals surface area contributed by atoms with Crippen LogP contribution >= 0.6 is 0 Å². The van der Waals surface area contributed by atoms with Gasteiger partial charge in [-0.2, -0.15) is 13.2 Å². The van der Waals surface area contributed by atoms with Gasteiger partial charge in [-0.25, -0.2) is 0 Å². The van der Waals surface area contributed by atoms with Gasteiger partial charge < -0.3 is 10.1 Å². The normalized spacial score (nSPS) is 25.9. The van der Waals surface area contributed by atoms with Crippen molar-refractivity contribution >= 4 is 0 Å². The summed E-state index contributed by atoms with van der Waals surface area (Å²) in [5.41, 5.74) is 0.204. The summed E-state index contributed by atoms with van der Waals surface area (Å²) < 4.78 is 42.5. The highest BCUT2D eigenvalue weighted by molar-refractivity contribution is 5.27. The maximum absolute atomic E-state index is 12.4. The van der Waals surface area contributed by atoms with Gasteiger partial charge in [0.1, 0.15) is 0 Å². The third kappa shape index (κ3) is 2.98. The van der Waals surface area contributed by atoms with E-state index in [2.05, 4.69) is 5.32 Å². The van der Waals surface area contributed by atoms with Crippen LogP contribution in [-0.4, -0.2) is 19.3 Å². The van der Waals surface area contributed by atoms with Crippen molar-refractivity contribution in [3.63, 3.8) is 0 Å². The van der Waals surface area contributed by atoms with Gasteiger partial charge in [0.05, 0.1) is 24.8 Å². The summed E-state index contributed by atoms with van der Waals surface area (Å²) in [6, 6.07) is 5.41. The van der Waals surface area contributed by atoms with E-state index in [4.69, 9.17) is 4.74 Å². The molecule has 0 aromatic heterocycles. The van der Waals surface area contributed by atoms with Crippen molar-refractivity contribution in [2.75, 3.05) is 13.2 Å². The van der Waals surface area contributed by atoms with Crippen LogP contribution in [0.25, 0.3) is 0 Å². The summed E-state index contributed by atoms with van der Waals surface area (Å²) in [7, 11) is 0. The summed E-state index contributed by atoms with van der Waals surface area (Å²) in [5.74, 6) is 0. The van der Waals surface area contributed by atoms with Gasteiger partial charge in [0.2, 0.25) is 0 Å². The molecule has 1 fully saturated rings. The van der Waals surface area contributed by atoms with Crippen LogP contribution in [0.4, 0.5) is 13.2 Å². The van der Waals surface area contributed by atoms with Gasteiger partial charge in [-0.3, -0.25) is 0 Å². The molecule has 94 valence electrons. The summed E-state index contributed by atoms with van der Waals surface area (Å²) in [6.45, 7) is 3.11. The number of nitrogens with one attached hydrogen (secondary N) is 1. The van der Waals surface area contributed by atoms with Crippen molar-refractivity contribution in [3.8, 4) is 0 Å². The minimum Gasteiger partial charge on any atom is -0.378 e. The highest BCUT2D eigenvalue weighted by atomic mass is 19.4. The van der Waals surface area contributed by atoms with Gasteiger partial charge >= 0.3 is 6.18 Å². The molecule has 5 heteroatoms. The first kappa shape index (κ1) is 12.4. The fourth-order valence-electron chi connectivity index (χ4n) is 1.90. The zero-order valence-electron chi connectivity index (χ0n) is 9.42. The smallest absolute Gasteiger partial charge is 0.378 e. The Hall–Kier alpha value is -1.07. The summed E-state index contributed by atoms with van der Waals surface area (Å²) >= 11 is 0. The minimum absolute atomic E-state index is 0.0268. The zero-order chi connectivity index (χ0) is 12.5. The van der Waals surface area contributed by atoms with Crippen molar-refractivity contribution in [2.24, 2.45) is 0 Å². The first-order valence-electron chi connectivity index (χ1n) is 5.48. The molecule has 1 aliphatic rings. The fourth-order valence-corrected chi connectivity index (χ4v) is 1.90. The van der Waals surface area contributed by atoms with Crippen LogP contribution in [-0.2, 0) is 10.9 Å². The molecule has 0 aliphatic carbocycles. The Morgan fingerprint density at radius 2 is 1.82 bits per heavy atom. The molecule has 1 N–H and O–H groups in total. The molecule has 0 spiro atoms. The minimum atomic E-state index is -4.28. The number of benzene rings is 1. The van der Waals surface area contributed by atoms with Gasteiger partial charge in [0.15, 0.2) is 0 Å². The summed E-state index contributed by atoms with van der Waals surface area (Å²) in [5, 5.41) is 3.28. The lowest BCUT2D eigenvalue weighted by atomic mass is 10.0. The molecule has 1 aromatic rings. The summed E-state index contributed by atoms with van der Waals surface area (Å²) in [6.07, 6.45) is -4.28. The van der Waals surface area contributed by atoms with E-state index in [0.29, 0.717) is 13.2 Å². The monoisotopic (exact) mass is 245 g/mol. The Morgan fingerprint density at radius 1 is 1.18 bits per heavy atom. The quantitative estimate of drug-likeness (QED) is 0.821. The summed E-state index contributed by atoms with van der Waals surface area (Å²) in [4.78, 5) is 0. The molecule has 1 aliphatic heterocycles. The number of alkyl halides is 3. The molecule has 1 heterocycles. The lowest BCUT2D eigenvalue weighted by Crippen LogP contribution is -2.41. The van der Waals surface area contributed by atoms with Crippen molar-refractivity contribution in [2.45, 2.75) is 25.2 Å². The van der Waals surface area contributed by atoms with Crippen LogP contribution in [0.5, 0.6) is 0 Å². The van der Waals surface area contributed by atoms with Crippen LogP contribution in [0.3, 0.4) is 0 Å². The number of rotatable bonds is 1. The standard InChI is InChI=1S/C12H14F3NO/c1-8-6-17-7-11(16-8)9-2-4-10(5-3-9)12(13,14)15/h2-5,8,11,16H,6-7H2,1H3/t8-,11+/m0/s1. The van der Waals surface area contributed by atoms with E-state index in [-0.39, 0.29) is 12.1 Å². The highest BCUT2D eigenvalue weighted by Gasteiger charge is 2.30. The van der Waals surface area contributed by atoms with Gasteiger partial charge in [-0.1, -0.05) is 12.1 Å². The lowest BCUT2D eigenvalue weighted by Gasteiger charge is -2.29. The Kier molecular flexibility index (Phi) is 3.40. The van der Waals surface area contributed by atoms with E-state index < -0.39 is 11.7 Å². The third-order valence-corrected chi connectivity index (χ3v) is 2.78. The molecule has 2 nitrogen and oxygen atoms in total. The van der Waals surface area contributed by atoms with Gasteiger partial charge in [-0.15, -0.1) is 0 Å². The Labute approximate surface area is 97.8 Å². The Balaban J connectivity index is 2.12. The molecule has 1 aromatic carbocycles. The van der Waals surface area contributed by atoms with Crippen LogP contribution in [0, 0.1) is 0 Å². The molecule has 0 saturated carbocycles. The third-order valence-electron chi connectivity index (χ3n) is 2.78. The van der Waals surface area contributed by atoms with Gasteiger partial charge in [-0.05, 0) is 24.6 Å². The van der Waals surface area contributed by atoms with E-state index >= 15 is 0 Å². The molecule has 0 bridgehead atoms. The SMILES string of the molecule is C[C@H]1COC[C@H](c2ccc(C(F)(F)F)cc2)N1. The number of ether oxygens (including phenoxy) is 1. The van der Waals surface area contributed by atoms with Crippen LogP contribution in [0.1, 0.15) is 24.1 Å². The highest BCUT2D eigenvalue weighted by Crippen LogP contribution is 2.30. The second-order valence-corrected chi connectivity index (χ2v) is 4.28. The average Bonchev–Trinajstić information content (AvgIpc) is 2.28. The fraction of sp³-hybridized carbons (Fsp3) is 0.500. The predicted octanol–water partition coefficient (Wildman–Crippen LogP) is 2.75. The van der Waals surface area contributed by atoms with Crippen molar-refractivity contribution in [3.05, 3.63) is 35.4 Å². The van der Waals surface area contributed by atoms with E-state index in [1.54, 1.807) is 0 Å². The number of hydrogen-bond donors (Lipinski definition) is 1. The zero-order valence-corrected chi connectivity index (χ0v) is 9.42. The predicted molar refractivity (Wildman–Crippen MR) is 57.6 cm³/mol. The van der Waals surface area contributed by atoms with Crippen molar-refractivity contribution in [1.29, 1.82) is 0 Å². The maximum Gasteiger partial charge on any atom is 0.416 e. The molecule has 2 rings (SSSR count).